The van der Waals surface area contributed by atoms with Crippen molar-refractivity contribution < 1.29 is 18.7 Å². The molecule has 0 bridgehead atoms. The van der Waals surface area contributed by atoms with Gasteiger partial charge < -0.3 is 14.9 Å². The van der Waals surface area contributed by atoms with Gasteiger partial charge in [0.2, 0.25) is 0 Å². The molecule has 2 amide bonds. The van der Waals surface area contributed by atoms with Gasteiger partial charge in [0.05, 0.1) is 18.9 Å². The zero-order chi connectivity index (χ0) is 16.1. The van der Waals surface area contributed by atoms with Gasteiger partial charge in [-0.25, -0.2) is 15.0 Å². The Morgan fingerprint density at radius 2 is 2.14 bits per heavy atom. The minimum Gasteiger partial charge on any atom is -0.465 e. The van der Waals surface area contributed by atoms with Crippen molar-refractivity contribution in [3.05, 3.63) is 46.7 Å². The number of carbonyl (C=O) groups is 2. The zero-order valence-electron chi connectivity index (χ0n) is 11.5. The first-order valence-electron chi connectivity index (χ1n) is 6.08. The predicted octanol–water partition coefficient (Wildman–Crippen LogP) is 2.39. The number of nitrogens with two attached hydrogens (primary N) is 1. The highest BCUT2D eigenvalue weighted by atomic mass is 35.5. The molecule has 0 saturated heterocycles. The monoisotopic (exact) mass is 321 g/mol. The number of benzene rings is 1. The standard InChI is InChI=1S/C14H12ClN3O4/c1-21-13(19)10-4-2-8(15)6-11(10)12-5-3-9(22-12)7-17-18-14(16)20/h2-7H,1H3,(H3,16,18,20)/b17-7+. The van der Waals surface area contributed by atoms with Crippen LogP contribution in [0.1, 0.15) is 16.1 Å². The number of esters is 1. The van der Waals surface area contributed by atoms with E-state index in [1.54, 1.807) is 30.3 Å². The number of halogens is 1. The van der Waals surface area contributed by atoms with E-state index < -0.39 is 12.0 Å². The molecule has 0 aliphatic rings. The number of furan rings is 1. The number of hydrogen-bond acceptors (Lipinski definition) is 5. The van der Waals surface area contributed by atoms with Gasteiger partial charge in [0.1, 0.15) is 11.5 Å². The van der Waals surface area contributed by atoms with Crippen molar-refractivity contribution in [2.45, 2.75) is 0 Å². The Morgan fingerprint density at radius 3 is 2.82 bits per heavy atom. The van der Waals surface area contributed by atoms with Crippen molar-refractivity contribution in [2.75, 3.05) is 7.11 Å². The van der Waals surface area contributed by atoms with Gasteiger partial charge in [-0.3, -0.25) is 0 Å². The summed E-state index contributed by atoms with van der Waals surface area (Å²) < 4.78 is 10.3. The molecule has 0 saturated carbocycles. The molecule has 8 heteroatoms. The maximum atomic E-state index is 11.8. The van der Waals surface area contributed by atoms with Crippen molar-refractivity contribution in [3.8, 4) is 11.3 Å². The second kappa shape index (κ2) is 6.77. The van der Waals surface area contributed by atoms with Gasteiger partial charge in [-0.1, -0.05) is 11.6 Å². The lowest BCUT2D eigenvalue weighted by Gasteiger charge is -2.06. The minimum atomic E-state index is -0.786. The van der Waals surface area contributed by atoms with Crippen molar-refractivity contribution in [1.29, 1.82) is 0 Å². The van der Waals surface area contributed by atoms with Crippen LogP contribution in [0.15, 0.2) is 39.9 Å². The number of nitrogens with zero attached hydrogens (tertiary/aromatic N) is 1. The SMILES string of the molecule is COC(=O)c1ccc(Cl)cc1-c1ccc(/C=N/NC(N)=O)o1. The highest BCUT2D eigenvalue weighted by Gasteiger charge is 2.16. The molecule has 0 unspecified atom stereocenters. The van der Waals surface area contributed by atoms with Gasteiger partial charge in [-0.15, -0.1) is 0 Å². The van der Waals surface area contributed by atoms with E-state index in [1.165, 1.54) is 13.3 Å². The van der Waals surface area contributed by atoms with Crippen LogP contribution in [0.4, 0.5) is 4.79 Å². The Morgan fingerprint density at radius 1 is 1.36 bits per heavy atom. The van der Waals surface area contributed by atoms with E-state index in [2.05, 4.69) is 5.10 Å². The van der Waals surface area contributed by atoms with E-state index >= 15 is 0 Å². The average Bonchev–Trinajstić information content (AvgIpc) is 2.94. The third-order valence-corrected chi connectivity index (χ3v) is 2.88. The molecule has 0 aliphatic heterocycles. The number of hydrazone groups is 1. The van der Waals surface area contributed by atoms with Crippen LogP contribution in [0.2, 0.25) is 5.02 Å². The topological polar surface area (TPSA) is 107 Å². The maximum Gasteiger partial charge on any atom is 0.338 e. The Kier molecular flexibility index (Phi) is 4.80. The first-order valence-corrected chi connectivity index (χ1v) is 6.45. The average molecular weight is 322 g/mol. The molecule has 0 radical (unpaired) electrons. The van der Waals surface area contributed by atoms with Gasteiger partial charge >= 0.3 is 12.0 Å². The summed E-state index contributed by atoms with van der Waals surface area (Å²) in [7, 11) is 1.29. The Labute approximate surface area is 130 Å². The summed E-state index contributed by atoms with van der Waals surface area (Å²) in [4.78, 5) is 22.3. The van der Waals surface area contributed by atoms with Crippen LogP contribution in [0.5, 0.6) is 0 Å². The fraction of sp³-hybridized carbons (Fsp3) is 0.0714. The number of hydrogen-bond donors (Lipinski definition) is 2. The highest BCUT2D eigenvalue weighted by Crippen LogP contribution is 2.29. The van der Waals surface area contributed by atoms with Crippen molar-refractivity contribution >= 4 is 29.8 Å². The van der Waals surface area contributed by atoms with Crippen LogP contribution in [0.3, 0.4) is 0 Å². The molecule has 2 aromatic rings. The number of nitrogens with one attached hydrogen (secondary N) is 1. The first kappa shape index (κ1) is 15.6. The Bertz CT molecular complexity index is 739. The van der Waals surface area contributed by atoms with Crippen LogP contribution in [0, 0.1) is 0 Å². The molecular formula is C14H12ClN3O4. The molecular weight excluding hydrogens is 310 g/mol. The number of carbonyl (C=O) groups excluding carboxylic acids is 2. The highest BCUT2D eigenvalue weighted by molar-refractivity contribution is 6.31. The zero-order valence-corrected chi connectivity index (χ0v) is 12.3. The molecule has 7 nitrogen and oxygen atoms in total. The van der Waals surface area contributed by atoms with Crippen LogP contribution in [-0.2, 0) is 4.74 Å². The number of urea groups is 1. The fourth-order valence-corrected chi connectivity index (χ4v) is 1.91. The largest absolute Gasteiger partial charge is 0.465 e. The van der Waals surface area contributed by atoms with Crippen molar-refractivity contribution in [2.24, 2.45) is 10.8 Å². The summed E-state index contributed by atoms with van der Waals surface area (Å²) in [6.07, 6.45) is 1.27. The van der Waals surface area contributed by atoms with Crippen molar-refractivity contribution in [1.82, 2.24) is 5.43 Å². The van der Waals surface area contributed by atoms with Crippen molar-refractivity contribution in [3.63, 3.8) is 0 Å². The third-order valence-electron chi connectivity index (χ3n) is 2.65. The fourth-order valence-electron chi connectivity index (χ4n) is 1.73. The molecule has 0 atom stereocenters. The first-order chi connectivity index (χ1) is 10.5. The molecule has 2 rings (SSSR count). The molecule has 22 heavy (non-hydrogen) atoms. The number of methoxy groups -OCH3 is 1. The quantitative estimate of drug-likeness (QED) is 0.512. The van der Waals surface area contributed by atoms with E-state index in [4.69, 9.17) is 26.5 Å². The van der Waals surface area contributed by atoms with Gasteiger partial charge in [-0.05, 0) is 30.3 Å². The molecule has 0 aliphatic carbocycles. The molecule has 114 valence electrons. The van der Waals surface area contributed by atoms with Crippen LogP contribution in [-0.4, -0.2) is 25.3 Å². The summed E-state index contributed by atoms with van der Waals surface area (Å²) in [5.74, 6) is 0.261. The summed E-state index contributed by atoms with van der Waals surface area (Å²) in [5.41, 5.74) is 7.73. The summed E-state index contributed by atoms with van der Waals surface area (Å²) in [6.45, 7) is 0. The van der Waals surface area contributed by atoms with E-state index in [0.717, 1.165) is 0 Å². The number of amides is 2. The lowest BCUT2D eigenvalue weighted by atomic mass is 10.1. The molecule has 0 spiro atoms. The predicted molar refractivity (Wildman–Crippen MR) is 80.8 cm³/mol. The Balaban J connectivity index is 2.34. The second-order valence-corrected chi connectivity index (χ2v) is 4.55. The van der Waals surface area contributed by atoms with E-state index in [9.17, 15) is 9.59 Å². The lowest BCUT2D eigenvalue weighted by Crippen LogP contribution is -2.24. The molecule has 1 aromatic carbocycles. The van der Waals surface area contributed by atoms with Gasteiger partial charge in [-0.2, -0.15) is 5.10 Å². The second-order valence-electron chi connectivity index (χ2n) is 4.12. The lowest BCUT2D eigenvalue weighted by molar-refractivity contribution is 0.0601. The maximum absolute atomic E-state index is 11.8. The minimum absolute atomic E-state index is 0.319. The number of rotatable bonds is 4. The summed E-state index contributed by atoms with van der Waals surface area (Å²) in [6, 6.07) is 7.20. The third kappa shape index (κ3) is 3.64. The summed E-state index contributed by atoms with van der Waals surface area (Å²) in [5, 5.41) is 4.03. The summed E-state index contributed by atoms with van der Waals surface area (Å²) >= 11 is 5.96. The smallest absolute Gasteiger partial charge is 0.338 e. The van der Waals surface area contributed by atoms with Gasteiger partial charge in [0, 0.05) is 10.6 Å². The van der Waals surface area contributed by atoms with E-state index in [0.29, 0.717) is 27.7 Å². The van der Waals surface area contributed by atoms with Gasteiger partial charge in [0.25, 0.3) is 0 Å². The number of primary amides is 1. The van der Waals surface area contributed by atoms with Crippen LogP contribution in [0.25, 0.3) is 11.3 Å². The van der Waals surface area contributed by atoms with Crippen LogP contribution >= 0.6 is 11.6 Å². The molecule has 1 heterocycles. The normalized spacial score (nSPS) is 10.6. The van der Waals surface area contributed by atoms with E-state index in [1.807, 2.05) is 5.43 Å². The van der Waals surface area contributed by atoms with E-state index in [-0.39, 0.29) is 0 Å². The van der Waals surface area contributed by atoms with Crippen LogP contribution < -0.4 is 11.2 Å². The molecule has 3 N–H and O–H groups in total. The number of ether oxygens (including phenoxy) is 1. The van der Waals surface area contributed by atoms with Gasteiger partial charge in [0.15, 0.2) is 0 Å². The Hall–Kier alpha value is -2.80. The molecule has 0 fully saturated rings. The molecule has 1 aromatic heterocycles.